The number of aromatic nitrogens is 3. The van der Waals surface area contributed by atoms with Gasteiger partial charge in [0.1, 0.15) is 19.0 Å². The van der Waals surface area contributed by atoms with E-state index in [1.54, 1.807) is 7.05 Å². The molecule has 11 rings (SSSR count). The lowest BCUT2D eigenvalue weighted by Gasteiger charge is -2.40. The summed E-state index contributed by atoms with van der Waals surface area (Å²) in [6.07, 6.45) is 4.51. The molecule has 0 saturated carbocycles. The van der Waals surface area contributed by atoms with E-state index in [1.807, 2.05) is 12.1 Å². The number of nitrogens with zero attached hydrogens (tertiary/aromatic N) is 10. The van der Waals surface area contributed by atoms with Gasteiger partial charge in [0, 0.05) is 40.9 Å². The Balaban J connectivity index is 1.15. The lowest BCUT2D eigenvalue weighted by atomic mass is 9.96. The predicted molar refractivity (Wildman–Crippen MR) is 267 cm³/mol. The fraction of sp³-hybridized carbons (Fsp3) is 0.0182. The van der Waals surface area contributed by atoms with Crippen LogP contribution in [0.4, 0.5) is 68.2 Å². The lowest BCUT2D eigenvalue weighted by Crippen LogP contribution is -2.24. The largest absolute Gasteiger partial charge is 0.306 e. The van der Waals surface area contributed by atoms with Crippen LogP contribution < -0.4 is 19.6 Å². The predicted octanol–water partition coefficient (Wildman–Crippen LogP) is 13.8. The maximum atomic E-state index is 4.66. The van der Waals surface area contributed by atoms with Gasteiger partial charge < -0.3 is 19.6 Å². The van der Waals surface area contributed by atoms with Crippen molar-refractivity contribution in [3.05, 3.63) is 212 Å². The highest BCUT2D eigenvalue weighted by Crippen LogP contribution is 2.56. The van der Waals surface area contributed by atoms with Gasteiger partial charge in [-0.25, -0.2) is 19.9 Å². The lowest BCUT2D eigenvalue weighted by molar-refractivity contribution is 1.06. The van der Waals surface area contributed by atoms with Crippen molar-refractivity contribution in [1.82, 2.24) is 15.0 Å². The van der Waals surface area contributed by atoms with E-state index in [0.29, 0.717) is 11.7 Å². The van der Waals surface area contributed by atoms with Crippen LogP contribution in [0, 0.1) is 0 Å². The van der Waals surface area contributed by atoms with Gasteiger partial charge in [-0.2, -0.15) is 0 Å². The number of benzene rings is 8. The third-order valence-corrected chi connectivity index (χ3v) is 11.7. The summed E-state index contributed by atoms with van der Waals surface area (Å²) in [7, 11) is 1.74. The average Bonchev–Trinajstić information content (AvgIpc) is 3.38. The van der Waals surface area contributed by atoms with E-state index in [9.17, 15) is 0 Å². The van der Waals surface area contributed by atoms with Crippen LogP contribution >= 0.6 is 0 Å². The first kappa shape index (κ1) is 38.9. The number of fused-ring (bicyclic) bond motifs is 4. The van der Waals surface area contributed by atoms with Gasteiger partial charge >= 0.3 is 0 Å². The number of anilines is 12. The molecule has 0 unspecified atom stereocenters. The van der Waals surface area contributed by atoms with Crippen LogP contribution in [0.25, 0.3) is 22.5 Å². The molecule has 0 spiro atoms. The summed E-state index contributed by atoms with van der Waals surface area (Å²) in [4.78, 5) is 36.0. The molecule has 10 heteroatoms. The normalized spacial score (nSPS) is 13.0. The summed E-state index contributed by atoms with van der Waals surface area (Å²) in [5, 5.41) is 0. The molecule has 0 radical (unpaired) electrons. The van der Waals surface area contributed by atoms with Gasteiger partial charge in [-0.3, -0.25) is 9.98 Å². The van der Waals surface area contributed by atoms with E-state index in [1.165, 1.54) is 19.0 Å². The summed E-state index contributed by atoms with van der Waals surface area (Å²) >= 11 is 0. The number of para-hydroxylation sites is 10. The Morgan fingerprint density at radius 2 is 0.800 bits per heavy atom. The minimum Gasteiger partial charge on any atom is -0.306 e. The van der Waals surface area contributed by atoms with E-state index in [2.05, 4.69) is 238 Å². The fourth-order valence-corrected chi connectivity index (χ4v) is 8.97. The maximum Gasteiger partial charge on any atom is 0.162 e. The molecule has 1 aromatic heterocycles. The summed E-state index contributed by atoms with van der Waals surface area (Å²) in [6.45, 7) is 3.65. The van der Waals surface area contributed by atoms with Crippen molar-refractivity contribution in [1.29, 1.82) is 0 Å². The minimum absolute atomic E-state index is 0.513. The van der Waals surface area contributed by atoms with Crippen molar-refractivity contribution in [2.75, 3.05) is 26.6 Å². The fourth-order valence-electron chi connectivity index (χ4n) is 8.97. The standard InChI is InChI=1S/C55H40N10/c1-56-35-59-54(57-2)40-29-38(31-44(33-40)64-50-25-13-9-21-46(50)62(42-17-5-3-6-18-42)47-22-10-14-26-51(47)64)39-30-41(55-60-36-58-37-61-55)34-45(32-39)65-52-27-15-11-23-48(52)63(43-19-7-4-8-20-43)49-24-12-16-28-53(49)65/h3-37H,1H2,2H3. The molecule has 0 amide bonds. The molecular formula is C55H40N10. The van der Waals surface area contributed by atoms with Crippen LogP contribution in [0.5, 0.6) is 0 Å². The third-order valence-electron chi connectivity index (χ3n) is 11.7. The molecule has 0 saturated heterocycles. The highest BCUT2D eigenvalue weighted by molar-refractivity contribution is 6.08. The van der Waals surface area contributed by atoms with E-state index in [0.717, 1.165) is 90.5 Å². The zero-order valence-electron chi connectivity index (χ0n) is 35.4. The maximum absolute atomic E-state index is 4.66. The molecule has 310 valence electrons. The van der Waals surface area contributed by atoms with Crippen molar-refractivity contribution in [2.45, 2.75) is 0 Å². The second kappa shape index (κ2) is 16.7. The minimum atomic E-state index is 0.513. The highest BCUT2D eigenvalue weighted by Gasteiger charge is 2.33. The van der Waals surface area contributed by atoms with Crippen molar-refractivity contribution in [2.24, 2.45) is 15.0 Å². The molecule has 10 nitrogen and oxygen atoms in total. The van der Waals surface area contributed by atoms with Gasteiger partial charge in [0.2, 0.25) is 0 Å². The molecule has 2 aliphatic rings. The van der Waals surface area contributed by atoms with Crippen LogP contribution in [0.3, 0.4) is 0 Å². The Bertz CT molecular complexity index is 3180. The second-order valence-corrected chi connectivity index (χ2v) is 15.4. The number of aliphatic imine (C=N–C) groups is 3. The zero-order chi connectivity index (χ0) is 43.7. The SMILES string of the molecule is C=NC=NC(=NC)c1cc(-c2cc(-c3ncncn3)cc(N3c4ccccc4N(c4ccccc4)c4ccccc43)c2)cc(N2c3ccccc3N(c3ccccc3)c3ccccc32)c1. The number of hydrogen-bond donors (Lipinski definition) is 0. The molecule has 8 aromatic carbocycles. The Morgan fingerprint density at radius 3 is 1.22 bits per heavy atom. The van der Waals surface area contributed by atoms with Gasteiger partial charge in [0.15, 0.2) is 11.7 Å². The number of hydrogen-bond acceptors (Lipinski definition) is 8. The molecule has 0 fully saturated rings. The van der Waals surface area contributed by atoms with Crippen LogP contribution in [0.15, 0.2) is 222 Å². The first-order valence-corrected chi connectivity index (χ1v) is 21.2. The first-order chi connectivity index (χ1) is 32.2. The van der Waals surface area contributed by atoms with E-state index < -0.39 is 0 Å². The molecule has 0 atom stereocenters. The highest BCUT2D eigenvalue weighted by atomic mass is 15.3. The smallest absolute Gasteiger partial charge is 0.162 e. The first-order valence-electron chi connectivity index (χ1n) is 21.2. The summed E-state index contributed by atoms with van der Waals surface area (Å²) < 4.78 is 0. The van der Waals surface area contributed by atoms with E-state index in [4.69, 9.17) is 0 Å². The monoisotopic (exact) mass is 840 g/mol. The topological polar surface area (TPSA) is 88.7 Å². The van der Waals surface area contributed by atoms with Gasteiger partial charge in [-0.1, -0.05) is 84.9 Å². The molecule has 65 heavy (non-hydrogen) atoms. The molecule has 0 aliphatic carbocycles. The van der Waals surface area contributed by atoms with E-state index in [-0.39, 0.29) is 0 Å². The molecule has 0 bridgehead atoms. The second-order valence-electron chi connectivity index (χ2n) is 15.4. The van der Waals surface area contributed by atoms with Crippen molar-refractivity contribution in [3.63, 3.8) is 0 Å². The van der Waals surface area contributed by atoms with Crippen molar-refractivity contribution < 1.29 is 0 Å². The van der Waals surface area contributed by atoms with Gasteiger partial charge in [-0.05, 0) is 127 Å². The Kier molecular flexibility index (Phi) is 9.98. The molecule has 0 N–H and O–H groups in total. The van der Waals surface area contributed by atoms with Crippen molar-refractivity contribution in [3.8, 4) is 22.5 Å². The molecule has 9 aromatic rings. The summed E-state index contributed by atoms with van der Waals surface area (Å²) in [6, 6.07) is 68.2. The van der Waals surface area contributed by atoms with Gasteiger partial charge in [0.25, 0.3) is 0 Å². The molecule has 2 aliphatic heterocycles. The number of amidine groups is 1. The van der Waals surface area contributed by atoms with E-state index >= 15 is 0 Å². The summed E-state index contributed by atoms with van der Waals surface area (Å²) in [5.41, 5.74) is 15.8. The van der Waals surface area contributed by atoms with Gasteiger partial charge in [0.05, 0.1) is 45.5 Å². The average molecular weight is 841 g/mol. The third kappa shape index (κ3) is 6.95. The Morgan fingerprint density at radius 1 is 0.431 bits per heavy atom. The van der Waals surface area contributed by atoms with Crippen molar-refractivity contribution >= 4 is 87.1 Å². The van der Waals surface area contributed by atoms with Crippen LogP contribution in [-0.4, -0.2) is 40.9 Å². The molecular weight excluding hydrogens is 801 g/mol. The number of rotatable bonds is 8. The quantitative estimate of drug-likeness (QED) is 0.111. The van der Waals surface area contributed by atoms with Gasteiger partial charge in [-0.15, -0.1) is 0 Å². The Hall–Kier alpha value is -9.02. The van der Waals surface area contributed by atoms with Crippen LogP contribution in [0.1, 0.15) is 5.56 Å². The summed E-state index contributed by atoms with van der Waals surface area (Å²) in [5.74, 6) is 1.07. The van der Waals surface area contributed by atoms with Crippen LogP contribution in [0.2, 0.25) is 0 Å². The zero-order valence-corrected chi connectivity index (χ0v) is 35.4. The Labute approximate surface area is 377 Å². The van der Waals surface area contributed by atoms with Crippen LogP contribution in [-0.2, 0) is 0 Å². The molecule has 3 heterocycles.